The smallest absolute Gasteiger partial charge is 0.243 e. The Labute approximate surface area is 172 Å². The number of ether oxygens (including phenoxy) is 1. The van der Waals surface area contributed by atoms with Gasteiger partial charge < -0.3 is 10.1 Å². The first-order valence-corrected chi connectivity index (χ1v) is 11.6. The third-order valence-corrected chi connectivity index (χ3v) is 7.36. The molecule has 29 heavy (non-hydrogen) atoms. The molecule has 1 N–H and O–H groups in total. The molecule has 0 aromatic heterocycles. The van der Waals surface area contributed by atoms with Crippen LogP contribution in [0.25, 0.3) is 0 Å². The Morgan fingerprint density at radius 2 is 1.93 bits per heavy atom. The van der Waals surface area contributed by atoms with E-state index in [1.165, 1.54) is 9.21 Å². The molecular formula is C20H29N3O5S. The zero-order valence-corrected chi connectivity index (χ0v) is 17.8. The molecule has 3 rings (SSSR count). The fraction of sp³-hybridized carbons (Fsp3) is 0.600. The summed E-state index contributed by atoms with van der Waals surface area (Å²) in [4.78, 5) is 26.9. The number of carbonyl (C=O) groups is 2. The van der Waals surface area contributed by atoms with Crippen LogP contribution < -0.4 is 10.2 Å². The molecule has 1 fully saturated rings. The summed E-state index contributed by atoms with van der Waals surface area (Å²) >= 11 is 0. The van der Waals surface area contributed by atoms with Crippen LogP contribution >= 0.6 is 0 Å². The lowest BCUT2D eigenvalue weighted by Crippen LogP contribution is -2.48. The Balaban J connectivity index is 1.88. The topological polar surface area (TPSA) is 96.0 Å². The van der Waals surface area contributed by atoms with Gasteiger partial charge in [0.25, 0.3) is 0 Å². The second-order valence-electron chi connectivity index (χ2n) is 7.38. The Morgan fingerprint density at radius 3 is 2.59 bits per heavy atom. The van der Waals surface area contributed by atoms with Gasteiger partial charge in [0.05, 0.1) is 11.5 Å². The van der Waals surface area contributed by atoms with Crippen LogP contribution in [-0.4, -0.2) is 63.9 Å². The molecule has 9 heteroatoms. The highest BCUT2D eigenvalue weighted by atomic mass is 32.2. The molecule has 0 saturated carbocycles. The quantitative estimate of drug-likeness (QED) is 0.667. The van der Waals surface area contributed by atoms with Gasteiger partial charge in [0, 0.05) is 45.3 Å². The van der Waals surface area contributed by atoms with Gasteiger partial charge in [0.2, 0.25) is 21.8 Å². The van der Waals surface area contributed by atoms with Crippen LogP contribution in [0.2, 0.25) is 0 Å². The van der Waals surface area contributed by atoms with Gasteiger partial charge in [-0.3, -0.25) is 14.5 Å². The summed E-state index contributed by atoms with van der Waals surface area (Å²) in [6, 6.07) is 4.14. The number of sulfonamides is 1. The fourth-order valence-corrected chi connectivity index (χ4v) is 5.49. The molecule has 8 nitrogen and oxygen atoms in total. The molecular weight excluding hydrogens is 394 g/mol. The van der Waals surface area contributed by atoms with Crippen molar-refractivity contribution in [3.8, 4) is 0 Å². The Hall–Kier alpha value is -1.97. The van der Waals surface area contributed by atoms with Crippen LogP contribution in [0.4, 0.5) is 5.69 Å². The number of nitrogens with one attached hydrogen (secondary N) is 1. The number of fused-ring (bicyclic) bond motifs is 1. The van der Waals surface area contributed by atoms with E-state index in [-0.39, 0.29) is 23.1 Å². The molecule has 0 radical (unpaired) electrons. The molecule has 1 unspecified atom stereocenters. The summed E-state index contributed by atoms with van der Waals surface area (Å²) in [6.45, 7) is 3.54. The van der Waals surface area contributed by atoms with Gasteiger partial charge in [0.1, 0.15) is 6.04 Å². The van der Waals surface area contributed by atoms with Crippen molar-refractivity contribution in [2.45, 2.75) is 50.0 Å². The summed E-state index contributed by atoms with van der Waals surface area (Å²) in [6.07, 6.45) is 3.34. The molecule has 2 aliphatic heterocycles. The van der Waals surface area contributed by atoms with Crippen molar-refractivity contribution < 1.29 is 22.7 Å². The van der Waals surface area contributed by atoms with Gasteiger partial charge in [-0.15, -0.1) is 0 Å². The lowest BCUT2D eigenvalue weighted by Gasteiger charge is -2.26. The molecule has 1 aromatic carbocycles. The van der Waals surface area contributed by atoms with Crippen LogP contribution in [0.15, 0.2) is 23.1 Å². The second kappa shape index (κ2) is 9.23. The summed E-state index contributed by atoms with van der Waals surface area (Å²) in [5.74, 6) is -0.428. The van der Waals surface area contributed by atoms with Crippen molar-refractivity contribution in [2.24, 2.45) is 0 Å². The van der Waals surface area contributed by atoms with Crippen molar-refractivity contribution in [2.75, 3.05) is 38.3 Å². The summed E-state index contributed by atoms with van der Waals surface area (Å²) in [5, 5.41) is 2.78. The Bertz CT molecular complexity index is 865. The van der Waals surface area contributed by atoms with Gasteiger partial charge in [0.15, 0.2) is 0 Å². The first kappa shape index (κ1) is 21.7. The maximum Gasteiger partial charge on any atom is 0.243 e. The van der Waals surface area contributed by atoms with E-state index in [2.05, 4.69) is 5.32 Å². The first-order chi connectivity index (χ1) is 13.9. The number of carbonyl (C=O) groups excluding carboxylic acids is 2. The largest absolute Gasteiger partial charge is 0.383 e. The molecule has 1 aromatic rings. The normalized spacial score (nSPS) is 19.8. The molecule has 1 atom stereocenters. The number of rotatable bonds is 7. The average molecular weight is 424 g/mol. The van der Waals surface area contributed by atoms with E-state index in [1.807, 2.05) is 0 Å². The van der Waals surface area contributed by atoms with E-state index < -0.39 is 16.1 Å². The maximum atomic E-state index is 13.0. The van der Waals surface area contributed by atoms with Crippen LogP contribution in [0.1, 0.15) is 38.2 Å². The zero-order valence-electron chi connectivity index (χ0n) is 17.0. The van der Waals surface area contributed by atoms with Crippen molar-refractivity contribution in [1.82, 2.24) is 9.62 Å². The molecule has 0 spiro atoms. The van der Waals surface area contributed by atoms with Crippen LogP contribution in [0, 0.1) is 0 Å². The zero-order chi connectivity index (χ0) is 21.0. The van der Waals surface area contributed by atoms with E-state index in [4.69, 9.17) is 4.74 Å². The van der Waals surface area contributed by atoms with Crippen LogP contribution in [0.5, 0.6) is 0 Å². The summed E-state index contributed by atoms with van der Waals surface area (Å²) in [5.41, 5.74) is 1.32. The van der Waals surface area contributed by atoms with Crippen LogP contribution in [0.3, 0.4) is 0 Å². The van der Waals surface area contributed by atoms with Gasteiger partial charge in [-0.05, 0) is 36.6 Å². The average Bonchev–Trinajstić information content (AvgIpc) is 3.13. The van der Waals surface area contributed by atoms with Gasteiger partial charge in [-0.25, -0.2) is 8.42 Å². The second-order valence-corrected chi connectivity index (χ2v) is 9.31. The van der Waals surface area contributed by atoms with Gasteiger partial charge in [-0.1, -0.05) is 13.3 Å². The van der Waals surface area contributed by atoms with E-state index in [9.17, 15) is 18.0 Å². The number of hydrogen-bond acceptors (Lipinski definition) is 5. The summed E-state index contributed by atoms with van der Waals surface area (Å²) in [7, 11) is -2.02. The molecule has 2 aliphatic rings. The SMILES string of the molecule is CCC(=O)N1c2ccc(S(=O)(=O)N3CCCCC3)cc2CC1C(=O)NCCOC. The van der Waals surface area contributed by atoms with Crippen LogP contribution in [-0.2, 0) is 30.8 Å². The number of nitrogens with zero attached hydrogens (tertiary/aromatic N) is 2. The number of amides is 2. The van der Waals surface area contributed by atoms with E-state index in [0.717, 1.165) is 19.3 Å². The highest BCUT2D eigenvalue weighted by molar-refractivity contribution is 7.89. The first-order valence-electron chi connectivity index (χ1n) is 10.1. The predicted octanol–water partition coefficient (Wildman–Crippen LogP) is 1.29. The van der Waals surface area contributed by atoms with Gasteiger partial charge >= 0.3 is 0 Å². The predicted molar refractivity (Wildman–Crippen MR) is 109 cm³/mol. The van der Waals surface area contributed by atoms with Crippen molar-refractivity contribution in [1.29, 1.82) is 0 Å². The molecule has 2 heterocycles. The highest BCUT2D eigenvalue weighted by Crippen LogP contribution is 2.35. The minimum atomic E-state index is -3.57. The van der Waals surface area contributed by atoms with Crippen molar-refractivity contribution in [3.05, 3.63) is 23.8 Å². The van der Waals surface area contributed by atoms with Gasteiger partial charge in [-0.2, -0.15) is 4.31 Å². The maximum absolute atomic E-state index is 13.0. The number of benzene rings is 1. The molecule has 160 valence electrons. The fourth-order valence-electron chi connectivity index (χ4n) is 3.93. The standard InChI is InChI=1S/C20H29N3O5S/c1-3-19(24)23-17-8-7-16(29(26,27)22-10-5-4-6-11-22)13-15(17)14-18(23)20(25)21-9-12-28-2/h7-8,13,18H,3-6,9-12,14H2,1-2H3,(H,21,25). The third kappa shape index (κ3) is 4.46. The Kier molecular flexibility index (Phi) is 6.92. The minimum Gasteiger partial charge on any atom is -0.383 e. The van der Waals surface area contributed by atoms with E-state index >= 15 is 0 Å². The molecule has 0 aliphatic carbocycles. The molecule has 0 bridgehead atoms. The lowest BCUT2D eigenvalue weighted by atomic mass is 10.1. The van der Waals surface area contributed by atoms with Crippen molar-refractivity contribution >= 4 is 27.5 Å². The minimum absolute atomic E-state index is 0.165. The molecule has 2 amide bonds. The summed E-state index contributed by atoms with van der Waals surface area (Å²) < 4.78 is 32.5. The Morgan fingerprint density at radius 1 is 1.21 bits per heavy atom. The third-order valence-electron chi connectivity index (χ3n) is 5.47. The molecule has 1 saturated heterocycles. The number of anilines is 1. The number of piperidine rings is 1. The van der Waals surface area contributed by atoms with E-state index in [1.54, 1.807) is 32.2 Å². The number of hydrogen-bond donors (Lipinski definition) is 1. The highest BCUT2D eigenvalue weighted by Gasteiger charge is 2.38. The lowest BCUT2D eigenvalue weighted by molar-refractivity contribution is -0.126. The monoisotopic (exact) mass is 423 g/mol. The number of methoxy groups -OCH3 is 1. The van der Waals surface area contributed by atoms with E-state index in [0.29, 0.717) is 43.9 Å². The van der Waals surface area contributed by atoms with Crippen molar-refractivity contribution in [3.63, 3.8) is 0 Å².